The van der Waals surface area contributed by atoms with Crippen molar-refractivity contribution in [2.45, 2.75) is 0 Å². The molecule has 2 heteroatoms. The minimum Gasteiger partial charge on any atom is -0.152 e. The molecule has 0 aromatic rings. The summed E-state index contributed by atoms with van der Waals surface area (Å²) >= 11 is 3.55. The van der Waals surface area contributed by atoms with Crippen molar-refractivity contribution in [1.82, 2.24) is 0 Å². The standard InChI is InChI=1S/C2H4S.Na/c1-2-3;/h2-3H,1H2;. The Labute approximate surface area is 54.0 Å². The van der Waals surface area contributed by atoms with E-state index in [9.17, 15) is 0 Å². The van der Waals surface area contributed by atoms with Crippen molar-refractivity contribution in [1.29, 1.82) is 0 Å². The van der Waals surface area contributed by atoms with E-state index < -0.39 is 0 Å². The van der Waals surface area contributed by atoms with E-state index in [1.165, 1.54) is 5.41 Å². The summed E-state index contributed by atoms with van der Waals surface area (Å²) in [4.78, 5) is 0. The second-order valence-corrected chi connectivity index (χ2v) is 0.548. The Bertz CT molecular complexity index is 13.5. The first kappa shape index (κ1) is 8.92. The van der Waals surface area contributed by atoms with Crippen LogP contribution in [0.25, 0.3) is 0 Å². The number of rotatable bonds is 0. The fourth-order valence-corrected chi connectivity index (χ4v) is 0. The van der Waals surface area contributed by atoms with Gasteiger partial charge in [-0.2, -0.15) is 12.6 Å². The topological polar surface area (TPSA) is 0 Å². The molecule has 0 nitrogen and oxygen atoms in total. The van der Waals surface area contributed by atoms with Crippen LogP contribution in [-0.2, 0) is 0 Å². The molecule has 0 amide bonds. The Balaban J connectivity index is 0. The summed E-state index contributed by atoms with van der Waals surface area (Å²) in [5.74, 6) is 0. The van der Waals surface area contributed by atoms with Crippen LogP contribution in [0, 0.1) is 0 Å². The molecule has 0 unspecified atom stereocenters. The second kappa shape index (κ2) is 8.94. The molecule has 0 fully saturated rings. The van der Waals surface area contributed by atoms with Crippen molar-refractivity contribution in [2.24, 2.45) is 0 Å². The molecule has 0 atom stereocenters. The number of thiol groups is 1. The molecule has 1 radical (unpaired) electrons. The van der Waals surface area contributed by atoms with Crippen molar-refractivity contribution >= 4 is 42.2 Å². The van der Waals surface area contributed by atoms with Gasteiger partial charge >= 0.3 is 0 Å². The third-order valence-electron chi connectivity index (χ3n) is 0. The minimum absolute atomic E-state index is 0. The third kappa shape index (κ3) is 11.4. The zero-order chi connectivity index (χ0) is 2.71. The van der Waals surface area contributed by atoms with E-state index in [0.29, 0.717) is 0 Å². The monoisotopic (exact) mass is 83.0 g/mol. The zero-order valence-electron chi connectivity index (χ0n) is 2.73. The maximum atomic E-state index is 3.55. The fraction of sp³-hybridized carbons (Fsp3) is 0. The first-order valence-electron chi connectivity index (χ1n) is 0.666. The van der Waals surface area contributed by atoms with Crippen molar-refractivity contribution in [3.8, 4) is 0 Å². The van der Waals surface area contributed by atoms with Crippen LogP contribution in [-0.4, -0.2) is 29.6 Å². The van der Waals surface area contributed by atoms with Gasteiger partial charge in [-0.3, -0.25) is 0 Å². The summed E-state index contributed by atoms with van der Waals surface area (Å²) < 4.78 is 0. The van der Waals surface area contributed by atoms with Gasteiger partial charge in [0, 0.05) is 29.6 Å². The zero-order valence-corrected chi connectivity index (χ0v) is 5.63. The van der Waals surface area contributed by atoms with Crippen LogP contribution in [0.5, 0.6) is 0 Å². The van der Waals surface area contributed by atoms with Crippen LogP contribution >= 0.6 is 12.6 Å². The molecule has 0 spiro atoms. The second-order valence-electron chi connectivity index (χ2n) is 0.183. The Morgan fingerprint density at radius 3 is 1.75 bits per heavy atom. The molecule has 0 bridgehead atoms. The summed E-state index contributed by atoms with van der Waals surface area (Å²) in [6, 6.07) is 0. The fourth-order valence-electron chi connectivity index (χ4n) is 0. The smallest absolute Gasteiger partial charge is 0 e. The van der Waals surface area contributed by atoms with Crippen molar-refractivity contribution in [2.75, 3.05) is 0 Å². The van der Waals surface area contributed by atoms with Crippen molar-refractivity contribution in [3.05, 3.63) is 12.0 Å². The van der Waals surface area contributed by atoms with E-state index >= 15 is 0 Å². The predicted molar refractivity (Wildman–Crippen MR) is 24.9 cm³/mol. The van der Waals surface area contributed by atoms with Gasteiger partial charge in [0.25, 0.3) is 0 Å². The van der Waals surface area contributed by atoms with Gasteiger partial charge in [-0.25, -0.2) is 0 Å². The molecular weight excluding hydrogens is 79.1 g/mol. The molecule has 19 valence electrons. The van der Waals surface area contributed by atoms with Gasteiger partial charge in [-0.05, 0) is 5.41 Å². The SMILES string of the molecule is C=CS.[Na]. The van der Waals surface area contributed by atoms with Gasteiger partial charge < -0.3 is 0 Å². The van der Waals surface area contributed by atoms with E-state index in [0.717, 1.165) is 0 Å². The normalized spacial score (nSPS) is 3.25. The van der Waals surface area contributed by atoms with Crippen LogP contribution in [0.3, 0.4) is 0 Å². The van der Waals surface area contributed by atoms with E-state index in [1.54, 1.807) is 0 Å². The molecule has 0 aliphatic heterocycles. The first-order valence-corrected chi connectivity index (χ1v) is 1.18. The molecule has 0 aliphatic rings. The van der Waals surface area contributed by atoms with Gasteiger partial charge in [0.15, 0.2) is 0 Å². The largest absolute Gasteiger partial charge is 0.152 e. The molecule has 0 aliphatic carbocycles. The molecule has 0 saturated carbocycles. The Hall–Kier alpha value is 1.09. The third-order valence-corrected chi connectivity index (χ3v) is 0. The quantitative estimate of drug-likeness (QED) is 0.323. The molecule has 0 saturated heterocycles. The summed E-state index contributed by atoms with van der Waals surface area (Å²) in [6.07, 6.45) is 0. The average Bonchev–Trinajstić information content (AvgIpc) is 0.918. The van der Waals surface area contributed by atoms with Crippen LogP contribution in [0.2, 0.25) is 0 Å². The van der Waals surface area contributed by atoms with E-state index in [1.807, 2.05) is 0 Å². The van der Waals surface area contributed by atoms with E-state index in [-0.39, 0.29) is 29.6 Å². The summed E-state index contributed by atoms with van der Waals surface area (Å²) in [5.41, 5.74) is 0. The van der Waals surface area contributed by atoms with Gasteiger partial charge in [0.05, 0.1) is 0 Å². The molecule has 0 heterocycles. The van der Waals surface area contributed by atoms with Crippen LogP contribution in [0.1, 0.15) is 0 Å². The Kier molecular flexibility index (Phi) is 19.9. The summed E-state index contributed by atoms with van der Waals surface area (Å²) in [5, 5.41) is 1.44. The Morgan fingerprint density at radius 2 is 1.75 bits per heavy atom. The van der Waals surface area contributed by atoms with E-state index in [4.69, 9.17) is 0 Å². The van der Waals surface area contributed by atoms with Gasteiger partial charge in [0.1, 0.15) is 0 Å². The summed E-state index contributed by atoms with van der Waals surface area (Å²) in [6.45, 7) is 3.23. The van der Waals surface area contributed by atoms with Crippen LogP contribution in [0.4, 0.5) is 0 Å². The van der Waals surface area contributed by atoms with Crippen LogP contribution < -0.4 is 0 Å². The Morgan fingerprint density at radius 1 is 1.75 bits per heavy atom. The van der Waals surface area contributed by atoms with Gasteiger partial charge in [-0.15, -0.1) is 0 Å². The maximum absolute atomic E-state index is 3.55. The number of hydrogen-bond donors (Lipinski definition) is 1. The first-order chi connectivity index (χ1) is 1.41. The molecular formula is C2H4NaS. The van der Waals surface area contributed by atoms with Crippen molar-refractivity contribution < 1.29 is 0 Å². The average molecular weight is 83.1 g/mol. The molecule has 4 heavy (non-hydrogen) atoms. The molecule has 0 N–H and O–H groups in total. The van der Waals surface area contributed by atoms with Crippen LogP contribution in [0.15, 0.2) is 12.0 Å². The van der Waals surface area contributed by atoms with E-state index in [2.05, 4.69) is 19.2 Å². The minimum atomic E-state index is 0. The predicted octanol–water partition coefficient (Wildman–Crippen LogP) is 0.679. The molecule has 0 aromatic heterocycles. The van der Waals surface area contributed by atoms with Crippen molar-refractivity contribution in [3.63, 3.8) is 0 Å². The maximum Gasteiger partial charge on any atom is 0 e. The van der Waals surface area contributed by atoms with Gasteiger partial charge in [0.2, 0.25) is 0 Å². The summed E-state index contributed by atoms with van der Waals surface area (Å²) in [7, 11) is 0. The molecule has 0 rings (SSSR count). The van der Waals surface area contributed by atoms with Gasteiger partial charge in [-0.1, -0.05) is 6.58 Å². The number of hydrogen-bond acceptors (Lipinski definition) is 1. The molecule has 0 aromatic carbocycles.